The van der Waals surface area contributed by atoms with Crippen molar-refractivity contribution in [3.63, 3.8) is 0 Å². The molecule has 2 N–H and O–H groups in total. The van der Waals surface area contributed by atoms with E-state index in [9.17, 15) is 0 Å². The highest BCUT2D eigenvalue weighted by molar-refractivity contribution is 6.31. The second kappa shape index (κ2) is 7.62. The van der Waals surface area contributed by atoms with Crippen molar-refractivity contribution in [3.8, 4) is 5.75 Å². The minimum atomic E-state index is 0.291. The average Bonchev–Trinajstić information content (AvgIpc) is 3.00. The molecule has 3 aromatic rings. The summed E-state index contributed by atoms with van der Waals surface area (Å²) in [6.45, 7) is 6.51. The molecule has 0 atom stereocenters. The maximum atomic E-state index is 6.22. The molecule has 0 fully saturated rings. The Labute approximate surface area is 152 Å². The van der Waals surface area contributed by atoms with Crippen molar-refractivity contribution in [1.29, 1.82) is 0 Å². The highest BCUT2D eigenvalue weighted by atomic mass is 35.5. The highest BCUT2D eigenvalue weighted by Gasteiger charge is 2.10. The highest BCUT2D eigenvalue weighted by Crippen LogP contribution is 2.31. The number of aromatic nitrogens is 1. The van der Waals surface area contributed by atoms with Crippen molar-refractivity contribution in [3.05, 3.63) is 64.3 Å². The van der Waals surface area contributed by atoms with Gasteiger partial charge in [0, 0.05) is 27.7 Å². The molecular weight excluding hydrogens is 334 g/mol. The fourth-order valence-corrected chi connectivity index (χ4v) is 2.88. The van der Waals surface area contributed by atoms with Crippen LogP contribution in [0.4, 0.5) is 0 Å². The molecule has 0 saturated heterocycles. The van der Waals surface area contributed by atoms with Crippen LogP contribution in [-0.4, -0.2) is 17.9 Å². The summed E-state index contributed by atoms with van der Waals surface area (Å²) in [7, 11) is 0. The number of hydrogen-bond acceptors (Lipinski definition) is 3. The Morgan fingerprint density at radius 1 is 1.28 bits per heavy atom. The van der Waals surface area contributed by atoms with Crippen LogP contribution in [-0.2, 0) is 0 Å². The van der Waals surface area contributed by atoms with Crippen molar-refractivity contribution in [2.75, 3.05) is 6.73 Å². The molecule has 0 bridgehead atoms. The van der Waals surface area contributed by atoms with E-state index in [2.05, 4.69) is 35.4 Å². The zero-order valence-corrected chi connectivity index (χ0v) is 15.4. The van der Waals surface area contributed by atoms with Gasteiger partial charge >= 0.3 is 0 Å². The van der Waals surface area contributed by atoms with Gasteiger partial charge in [-0.15, -0.1) is 0 Å². The fraction of sp³-hybridized carbons (Fsp3) is 0.250. The first-order valence-corrected chi connectivity index (χ1v) is 8.69. The molecule has 25 heavy (non-hydrogen) atoms. The van der Waals surface area contributed by atoms with Gasteiger partial charge in [0.05, 0.1) is 6.21 Å². The van der Waals surface area contributed by atoms with Crippen LogP contribution in [0, 0.1) is 6.92 Å². The number of para-hydroxylation sites is 1. The van der Waals surface area contributed by atoms with E-state index in [0.29, 0.717) is 12.6 Å². The minimum absolute atomic E-state index is 0.291. The Morgan fingerprint density at radius 2 is 2.08 bits per heavy atom. The Hall–Kier alpha value is -2.46. The second-order valence-corrected chi connectivity index (χ2v) is 6.70. The number of hydrogen-bond donors (Lipinski definition) is 2. The molecule has 0 aliphatic heterocycles. The zero-order chi connectivity index (χ0) is 17.8. The number of nitrogens with zero attached hydrogens (tertiary/aromatic N) is 1. The number of aromatic amines is 1. The molecule has 2 aromatic carbocycles. The quantitative estimate of drug-likeness (QED) is 0.276. The van der Waals surface area contributed by atoms with Crippen LogP contribution in [0.5, 0.6) is 5.75 Å². The third-order valence-corrected chi connectivity index (χ3v) is 4.53. The van der Waals surface area contributed by atoms with Crippen molar-refractivity contribution >= 4 is 28.7 Å². The van der Waals surface area contributed by atoms with Crippen molar-refractivity contribution in [2.45, 2.75) is 26.7 Å². The van der Waals surface area contributed by atoms with Crippen LogP contribution < -0.4 is 10.2 Å². The SMILES string of the molecule is Cc1cc(OCN/N=C/c2c[nH]c3ccccc23)c(C(C)C)cc1Cl. The van der Waals surface area contributed by atoms with E-state index in [0.717, 1.165) is 38.4 Å². The maximum Gasteiger partial charge on any atom is 0.173 e. The van der Waals surface area contributed by atoms with Crippen LogP contribution in [0.25, 0.3) is 10.9 Å². The smallest absolute Gasteiger partial charge is 0.173 e. The molecule has 0 amide bonds. The topological polar surface area (TPSA) is 49.4 Å². The lowest BCUT2D eigenvalue weighted by Gasteiger charge is -2.15. The molecule has 0 saturated carbocycles. The molecule has 1 heterocycles. The monoisotopic (exact) mass is 355 g/mol. The van der Waals surface area contributed by atoms with Gasteiger partial charge in [0.1, 0.15) is 5.75 Å². The fourth-order valence-electron chi connectivity index (χ4n) is 2.71. The molecular formula is C20H22ClN3O. The standard InChI is InChI=1S/C20H22ClN3O/c1-13(2)17-9-18(21)14(3)8-20(17)25-12-24-23-11-15-10-22-19-7-5-4-6-16(15)19/h4-11,13,22,24H,12H2,1-3H3/b23-11+. The zero-order valence-electron chi connectivity index (χ0n) is 14.6. The number of benzene rings is 2. The van der Waals surface area contributed by atoms with Gasteiger partial charge in [0.2, 0.25) is 0 Å². The number of ether oxygens (including phenoxy) is 1. The van der Waals surface area contributed by atoms with Gasteiger partial charge in [-0.05, 0) is 42.2 Å². The van der Waals surface area contributed by atoms with E-state index in [-0.39, 0.29) is 0 Å². The average molecular weight is 356 g/mol. The number of nitrogens with one attached hydrogen (secondary N) is 2. The molecule has 0 aliphatic rings. The predicted octanol–water partition coefficient (Wildman–Crippen LogP) is 5.21. The third-order valence-electron chi connectivity index (χ3n) is 4.12. The summed E-state index contributed by atoms with van der Waals surface area (Å²) >= 11 is 6.22. The molecule has 1 aromatic heterocycles. The summed E-state index contributed by atoms with van der Waals surface area (Å²) in [6.07, 6.45) is 3.73. The molecule has 3 rings (SSSR count). The van der Waals surface area contributed by atoms with Crippen molar-refractivity contribution in [2.24, 2.45) is 5.10 Å². The molecule has 0 aliphatic carbocycles. The molecule has 0 spiro atoms. The van der Waals surface area contributed by atoms with Gasteiger partial charge in [0.15, 0.2) is 6.73 Å². The minimum Gasteiger partial charge on any atom is -0.472 e. The predicted molar refractivity (Wildman–Crippen MR) is 105 cm³/mol. The Morgan fingerprint density at radius 3 is 2.88 bits per heavy atom. The summed E-state index contributed by atoms with van der Waals surface area (Å²) in [5.74, 6) is 1.18. The summed E-state index contributed by atoms with van der Waals surface area (Å²) in [6, 6.07) is 12.1. The molecule has 4 nitrogen and oxygen atoms in total. The van der Waals surface area contributed by atoms with Gasteiger partial charge in [-0.25, -0.2) is 0 Å². The first-order chi connectivity index (χ1) is 12.1. The number of hydrazone groups is 1. The Balaban J connectivity index is 1.63. The molecule has 0 unspecified atom stereocenters. The van der Waals surface area contributed by atoms with Gasteiger partial charge in [-0.2, -0.15) is 5.10 Å². The first kappa shape index (κ1) is 17.4. The first-order valence-electron chi connectivity index (χ1n) is 8.31. The van der Waals surface area contributed by atoms with Crippen LogP contribution in [0.1, 0.15) is 36.5 Å². The van der Waals surface area contributed by atoms with E-state index in [1.807, 2.05) is 43.5 Å². The number of rotatable bonds is 6. The van der Waals surface area contributed by atoms with Gasteiger partial charge < -0.3 is 9.72 Å². The summed E-state index contributed by atoms with van der Waals surface area (Å²) in [5.41, 5.74) is 7.17. The Kier molecular flexibility index (Phi) is 5.29. The van der Waals surface area contributed by atoms with E-state index < -0.39 is 0 Å². The normalized spacial score (nSPS) is 11.6. The summed E-state index contributed by atoms with van der Waals surface area (Å²) in [4.78, 5) is 3.22. The van der Waals surface area contributed by atoms with E-state index >= 15 is 0 Å². The maximum absolute atomic E-state index is 6.22. The van der Waals surface area contributed by atoms with Gasteiger partial charge in [-0.3, -0.25) is 5.43 Å². The summed E-state index contributed by atoms with van der Waals surface area (Å²) in [5, 5.41) is 6.16. The van der Waals surface area contributed by atoms with Gasteiger partial charge in [0.25, 0.3) is 0 Å². The van der Waals surface area contributed by atoms with Crippen LogP contribution in [0.15, 0.2) is 47.7 Å². The number of fused-ring (bicyclic) bond motifs is 1. The van der Waals surface area contributed by atoms with Crippen LogP contribution >= 0.6 is 11.6 Å². The summed E-state index contributed by atoms with van der Waals surface area (Å²) < 4.78 is 5.85. The van der Waals surface area contributed by atoms with E-state index in [1.54, 1.807) is 6.21 Å². The lowest BCUT2D eigenvalue weighted by molar-refractivity contribution is 0.283. The lowest BCUT2D eigenvalue weighted by atomic mass is 10.0. The molecule has 5 heteroatoms. The van der Waals surface area contributed by atoms with Gasteiger partial charge in [-0.1, -0.05) is 43.6 Å². The van der Waals surface area contributed by atoms with E-state index in [4.69, 9.17) is 16.3 Å². The Bertz CT molecular complexity index is 899. The van der Waals surface area contributed by atoms with Crippen molar-refractivity contribution in [1.82, 2.24) is 10.4 Å². The molecule has 130 valence electrons. The van der Waals surface area contributed by atoms with Crippen LogP contribution in [0.3, 0.4) is 0 Å². The number of halogens is 1. The largest absolute Gasteiger partial charge is 0.472 e. The van der Waals surface area contributed by atoms with E-state index in [1.165, 1.54) is 0 Å². The second-order valence-electron chi connectivity index (χ2n) is 6.29. The number of H-pyrrole nitrogens is 1. The van der Waals surface area contributed by atoms with Crippen molar-refractivity contribution < 1.29 is 4.74 Å². The number of aryl methyl sites for hydroxylation is 1. The van der Waals surface area contributed by atoms with Crippen LogP contribution in [0.2, 0.25) is 5.02 Å². The lowest BCUT2D eigenvalue weighted by Crippen LogP contribution is -2.15. The molecule has 0 radical (unpaired) electrons. The third kappa shape index (κ3) is 3.97.